The summed E-state index contributed by atoms with van der Waals surface area (Å²) in [7, 11) is 1.68. The van der Waals surface area contributed by atoms with Gasteiger partial charge in [-0.05, 0) is 49.8 Å². The number of methoxy groups -OCH3 is 1. The summed E-state index contributed by atoms with van der Waals surface area (Å²) in [5.74, 6) is 1.09. The molecule has 1 aliphatic rings. The predicted molar refractivity (Wildman–Crippen MR) is 93.8 cm³/mol. The summed E-state index contributed by atoms with van der Waals surface area (Å²) in [4.78, 5) is 14.2. The van der Waals surface area contributed by atoms with E-state index in [-0.39, 0.29) is 5.91 Å². The van der Waals surface area contributed by atoms with Gasteiger partial charge in [0.1, 0.15) is 5.75 Å². The van der Waals surface area contributed by atoms with Gasteiger partial charge in [-0.1, -0.05) is 40.8 Å². The molecule has 0 radical (unpaired) electrons. The average Bonchev–Trinajstić information content (AvgIpc) is 2.56. The van der Waals surface area contributed by atoms with Crippen LogP contribution in [0.2, 0.25) is 0 Å². The van der Waals surface area contributed by atoms with Crippen molar-refractivity contribution in [3.8, 4) is 5.75 Å². The molecule has 0 spiro atoms. The lowest BCUT2D eigenvalue weighted by molar-refractivity contribution is -0.126. The van der Waals surface area contributed by atoms with E-state index in [4.69, 9.17) is 4.74 Å². The minimum absolute atomic E-state index is 0.214. The molecule has 0 bridgehead atoms. The molecule has 0 saturated carbocycles. The molecule has 1 aromatic rings. The number of hydrogen-bond donors (Lipinski definition) is 0. The first-order valence-corrected chi connectivity index (χ1v) is 8.95. The Kier molecular flexibility index (Phi) is 6.54. The normalized spacial score (nSPS) is 14.5. The van der Waals surface area contributed by atoms with Gasteiger partial charge in [0, 0.05) is 12.2 Å². The molecule has 0 saturated heterocycles. The molecular formula is C17H22INO2. The first-order valence-electron chi connectivity index (χ1n) is 7.43. The lowest BCUT2D eigenvalue weighted by Crippen LogP contribution is -2.33. The first-order chi connectivity index (χ1) is 10.2. The van der Waals surface area contributed by atoms with Crippen LogP contribution in [0.4, 0.5) is 0 Å². The molecule has 0 unspecified atom stereocenters. The van der Waals surface area contributed by atoms with E-state index in [1.54, 1.807) is 7.11 Å². The molecular weight excluding hydrogens is 377 g/mol. The highest BCUT2D eigenvalue weighted by atomic mass is 127. The Balaban J connectivity index is 2.04. The van der Waals surface area contributed by atoms with E-state index in [0.29, 0.717) is 4.43 Å². The van der Waals surface area contributed by atoms with Crippen LogP contribution < -0.4 is 4.74 Å². The van der Waals surface area contributed by atoms with Crippen LogP contribution in [-0.4, -0.2) is 28.9 Å². The Morgan fingerprint density at radius 3 is 2.90 bits per heavy atom. The maximum atomic E-state index is 12.2. The summed E-state index contributed by atoms with van der Waals surface area (Å²) >= 11 is 2.15. The molecule has 0 aliphatic heterocycles. The number of amides is 1. The molecule has 114 valence electrons. The van der Waals surface area contributed by atoms with Gasteiger partial charge >= 0.3 is 0 Å². The Hall–Kier alpha value is -1.04. The summed E-state index contributed by atoms with van der Waals surface area (Å²) in [5, 5.41) is 0. The molecule has 0 fully saturated rings. The SMILES string of the molecule is COc1cccc(CCN(C(=O)CI)C2=CCCCC2)c1. The van der Waals surface area contributed by atoms with Crippen molar-refractivity contribution in [1.29, 1.82) is 0 Å². The number of ether oxygens (including phenoxy) is 1. The third-order valence-electron chi connectivity index (χ3n) is 3.79. The van der Waals surface area contributed by atoms with Crippen molar-refractivity contribution in [3.05, 3.63) is 41.6 Å². The minimum Gasteiger partial charge on any atom is -0.497 e. The van der Waals surface area contributed by atoms with E-state index >= 15 is 0 Å². The second-order valence-corrected chi connectivity index (χ2v) is 5.98. The Labute approximate surface area is 140 Å². The average molecular weight is 399 g/mol. The molecule has 1 aliphatic carbocycles. The van der Waals surface area contributed by atoms with Crippen molar-refractivity contribution in [1.82, 2.24) is 4.90 Å². The van der Waals surface area contributed by atoms with Crippen molar-refractivity contribution >= 4 is 28.5 Å². The summed E-state index contributed by atoms with van der Waals surface area (Å²) in [5.41, 5.74) is 2.42. The highest BCUT2D eigenvalue weighted by molar-refractivity contribution is 14.1. The molecule has 21 heavy (non-hydrogen) atoms. The first kappa shape index (κ1) is 16.3. The molecule has 2 rings (SSSR count). The summed E-state index contributed by atoms with van der Waals surface area (Å²) in [6.07, 6.45) is 7.65. The van der Waals surface area contributed by atoms with Crippen molar-refractivity contribution in [2.24, 2.45) is 0 Å². The molecule has 4 heteroatoms. The fourth-order valence-corrected chi connectivity index (χ4v) is 3.05. The zero-order valence-corrected chi connectivity index (χ0v) is 14.6. The second-order valence-electron chi connectivity index (χ2n) is 5.22. The number of carbonyl (C=O) groups is 1. The molecule has 0 N–H and O–H groups in total. The number of halogens is 1. The number of allylic oxidation sites excluding steroid dienone is 2. The zero-order chi connectivity index (χ0) is 15.1. The van der Waals surface area contributed by atoms with Crippen LogP contribution in [-0.2, 0) is 11.2 Å². The van der Waals surface area contributed by atoms with Gasteiger partial charge in [-0.25, -0.2) is 0 Å². The third-order valence-corrected chi connectivity index (χ3v) is 4.44. The molecule has 0 heterocycles. The predicted octanol–water partition coefficient (Wildman–Crippen LogP) is 3.96. The monoisotopic (exact) mass is 399 g/mol. The van der Waals surface area contributed by atoms with Gasteiger partial charge in [-0.3, -0.25) is 4.79 Å². The van der Waals surface area contributed by atoms with Gasteiger partial charge in [0.2, 0.25) is 5.91 Å². The molecule has 0 atom stereocenters. The molecule has 1 aromatic carbocycles. The van der Waals surface area contributed by atoms with Gasteiger partial charge in [-0.15, -0.1) is 0 Å². The number of benzene rings is 1. The fourth-order valence-electron chi connectivity index (χ4n) is 2.64. The second kappa shape index (κ2) is 8.41. The number of hydrogen-bond acceptors (Lipinski definition) is 2. The van der Waals surface area contributed by atoms with Crippen LogP contribution >= 0.6 is 22.6 Å². The van der Waals surface area contributed by atoms with Gasteiger partial charge in [0.05, 0.1) is 11.5 Å². The Bertz CT molecular complexity index is 513. The Morgan fingerprint density at radius 2 is 2.24 bits per heavy atom. The van der Waals surface area contributed by atoms with E-state index in [0.717, 1.165) is 31.6 Å². The Morgan fingerprint density at radius 1 is 1.38 bits per heavy atom. The van der Waals surface area contributed by atoms with Crippen LogP contribution in [0.3, 0.4) is 0 Å². The van der Waals surface area contributed by atoms with Crippen LogP contribution in [0, 0.1) is 0 Å². The van der Waals surface area contributed by atoms with Gasteiger partial charge in [-0.2, -0.15) is 0 Å². The van der Waals surface area contributed by atoms with Crippen molar-refractivity contribution in [3.63, 3.8) is 0 Å². The maximum absolute atomic E-state index is 12.2. The quantitative estimate of drug-likeness (QED) is 0.536. The summed E-state index contributed by atoms with van der Waals surface area (Å²) in [6.45, 7) is 0.751. The van der Waals surface area contributed by atoms with E-state index in [1.165, 1.54) is 24.1 Å². The molecule has 1 amide bonds. The van der Waals surface area contributed by atoms with Crippen molar-refractivity contribution in [2.75, 3.05) is 18.1 Å². The van der Waals surface area contributed by atoms with Gasteiger partial charge in [0.15, 0.2) is 0 Å². The third kappa shape index (κ3) is 4.73. The lowest BCUT2D eigenvalue weighted by Gasteiger charge is -2.27. The zero-order valence-electron chi connectivity index (χ0n) is 12.5. The van der Waals surface area contributed by atoms with E-state index in [9.17, 15) is 4.79 Å². The molecule has 0 aromatic heterocycles. The summed E-state index contributed by atoms with van der Waals surface area (Å²) in [6, 6.07) is 8.08. The highest BCUT2D eigenvalue weighted by Gasteiger charge is 2.18. The number of rotatable bonds is 6. The lowest BCUT2D eigenvalue weighted by atomic mass is 10.0. The van der Waals surface area contributed by atoms with Gasteiger partial charge in [0.25, 0.3) is 0 Å². The minimum atomic E-state index is 0.214. The number of nitrogens with zero attached hydrogens (tertiary/aromatic N) is 1. The number of alkyl halides is 1. The van der Waals surface area contributed by atoms with Crippen molar-refractivity contribution in [2.45, 2.75) is 32.1 Å². The van der Waals surface area contributed by atoms with E-state index < -0.39 is 0 Å². The van der Waals surface area contributed by atoms with Crippen LogP contribution in [0.5, 0.6) is 5.75 Å². The topological polar surface area (TPSA) is 29.5 Å². The fraction of sp³-hybridized carbons (Fsp3) is 0.471. The van der Waals surface area contributed by atoms with Crippen molar-refractivity contribution < 1.29 is 9.53 Å². The summed E-state index contributed by atoms with van der Waals surface area (Å²) < 4.78 is 5.79. The van der Waals surface area contributed by atoms with Crippen LogP contribution in [0.1, 0.15) is 31.2 Å². The van der Waals surface area contributed by atoms with Gasteiger partial charge < -0.3 is 9.64 Å². The van der Waals surface area contributed by atoms with E-state index in [2.05, 4.69) is 34.7 Å². The molecule has 3 nitrogen and oxygen atoms in total. The van der Waals surface area contributed by atoms with Crippen LogP contribution in [0.15, 0.2) is 36.0 Å². The smallest absolute Gasteiger partial charge is 0.236 e. The maximum Gasteiger partial charge on any atom is 0.236 e. The standard InChI is InChI=1S/C17H22INO2/c1-21-16-9-5-6-14(12-16)10-11-19(17(20)13-18)15-7-3-2-4-8-15/h5-7,9,12H,2-4,8,10-11,13H2,1H3. The number of carbonyl (C=O) groups excluding carboxylic acids is 1. The highest BCUT2D eigenvalue weighted by Crippen LogP contribution is 2.22. The van der Waals surface area contributed by atoms with Crippen LogP contribution in [0.25, 0.3) is 0 Å². The largest absolute Gasteiger partial charge is 0.497 e. The van der Waals surface area contributed by atoms with E-state index in [1.807, 2.05) is 23.1 Å².